The fourth-order valence-corrected chi connectivity index (χ4v) is 3.95. The third-order valence-corrected chi connectivity index (χ3v) is 5.34. The lowest BCUT2D eigenvalue weighted by Gasteiger charge is -2.20. The highest BCUT2D eigenvalue weighted by Crippen LogP contribution is 2.44. The van der Waals surface area contributed by atoms with Crippen LogP contribution < -0.4 is 0 Å². The second-order valence-corrected chi connectivity index (χ2v) is 6.96. The van der Waals surface area contributed by atoms with Crippen molar-refractivity contribution < 1.29 is 4.79 Å². The highest BCUT2D eigenvalue weighted by molar-refractivity contribution is 6.01. The Balaban J connectivity index is 1.65. The molecule has 0 saturated heterocycles. The summed E-state index contributed by atoms with van der Waals surface area (Å²) < 4.78 is 0. The molecule has 2 atom stereocenters. The first-order chi connectivity index (χ1) is 11.7. The summed E-state index contributed by atoms with van der Waals surface area (Å²) in [6, 6.07) is 8.67. The molecular weight excluding hydrogens is 292 g/mol. The Hall–Kier alpha value is -2.41. The van der Waals surface area contributed by atoms with Gasteiger partial charge < -0.3 is 0 Å². The van der Waals surface area contributed by atoms with Crippen molar-refractivity contribution in [2.45, 2.75) is 26.2 Å². The van der Waals surface area contributed by atoms with Crippen LogP contribution in [0.15, 0.2) is 77.9 Å². The lowest BCUT2D eigenvalue weighted by Crippen LogP contribution is -2.21. The lowest BCUT2D eigenvalue weighted by atomic mass is 9.82. The summed E-state index contributed by atoms with van der Waals surface area (Å²) in [4.78, 5) is 13.0. The van der Waals surface area contributed by atoms with E-state index < -0.39 is 0 Å². The molecule has 4 rings (SSSR count). The molecule has 120 valence electrons. The van der Waals surface area contributed by atoms with Gasteiger partial charge in [0.1, 0.15) is 0 Å². The van der Waals surface area contributed by atoms with Gasteiger partial charge in [0.15, 0.2) is 5.78 Å². The minimum Gasteiger partial charge on any atom is -0.294 e. The van der Waals surface area contributed by atoms with Crippen molar-refractivity contribution in [2.24, 2.45) is 11.8 Å². The molecule has 3 aliphatic carbocycles. The molecule has 24 heavy (non-hydrogen) atoms. The van der Waals surface area contributed by atoms with E-state index in [0.717, 1.165) is 24.8 Å². The molecule has 0 saturated carbocycles. The lowest BCUT2D eigenvalue weighted by molar-refractivity contribution is -0.118. The number of benzene rings is 1. The first-order valence-corrected chi connectivity index (χ1v) is 8.75. The molecule has 1 nitrogen and oxygen atoms in total. The predicted octanol–water partition coefficient (Wildman–Crippen LogP) is 5.36. The molecule has 2 unspecified atom stereocenters. The fraction of sp³-hybridized carbons (Fsp3) is 0.261. The molecular formula is C23H22O. The maximum absolute atomic E-state index is 13.0. The zero-order chi connectivity index (χ0) is 16.5. The number of aryl methyl sites for hydroxylation is 1. The summed E-state index contributed by atoms with van der Waals surface area (Å²) in [5.41, 5.74) is 6.20. The van der Waals surface area contributed by atoms with Gasteiger partial charge >= 0.3 is 0 Å². The van der Waals surface area contributed by atoms with Crippen molar-refractivity contribution in [2.75, 3.05) is 0 Å². The van der Waals surface area contributed by atoms with Gasteiger partial charge in [-0.05, 0) is 48.8 Å². The van der Waals surface area contributed by atoms with E-state index in [0.29, 0.717) is 11.7 Å². The third-order valence-electron chi connectivity index (χ3n) is 5.34. The first-order valence-electron chi connectivity index (χ1n) is 8.75. The summed E-state index contributed by atoms with van der Waals surface area (Å²) in [7, 11) is 0. The Kier molecular flexibility index (Phi) is 3.93. The normalized spacial score (nSPS) is 25.0. The van der Waals surface area contributed by atoms with Crippen LogP contribution in [0.2, 0.25) is 0 Å². The second kappa shape index (κ2) is 6.24. The number of hydrogen-bond donors (Lipinski definition) is 0. The predicted molar refractivity (Wildman–Crippen MR) is 99.4 cm³/mol. The van der Waals surface area contributed by atoms with Gasteiger partial charge in [-0.25, -0.2) is 0 Å². The number of ketones is 1. The summed E-state index contributed by atoms with van der Waals surface area (Å²) in [6.45, 7) is 2.11. The number of carbonyl (C=O) groups is 1. The molecule has 3 aliphatic rings. The van der Waals surface area contributed by atoms with E-state index in [4.69, 9.17) is 0 Å². The van der Waals surface area contributed by atoms with E-state index in [9.17, 15) is 4.79 Å². The SMILES string of the molecule is Cc1ccc(C2=CC(C(=O)C3=CC=CC3)C(C3=CC=CC3)C2)cc1. The first kappa shape index (κ1) is 15.1. The molecule has 0 spiro atoms. The number of carbonyl (C=O) groups excluding carboxylic acids is 1. The minimum absolute atomic E-state index is 0.0152. The largest absolute Gasteiger partial charge is 0.294 e. The van der Waals surface area contributed by atoms with Gasteiger partial charge in [-0.3, -0.25) is 4.79 Å². The average Bonchev–Trinajstić information content (AvgIpc) is 3.34. The van der Waals surface area contributed by atoms with Gasteiger partial charge in [0.05, 0.1) is 0 Å². The molecule has 1 aromatic carbocycles. The fourth-order valence-electron chi connectivity index (χ4n) is 3.95. The van der Waals surface area contributed by atoms with Gasteiger partial charge in [0, 0.05) is 5.92 Å². The molecule has 0 radical (unpaired) electrons. The summed E-state index contributed by atoms with van der Waals surface area (Å²) >= 11 is 0. The Morgan fingerprint density at radius 3 is 2.42 bits per heavy atom. The van der Waals surface area contributed by atoms with Gasteiger partial charge in [-0.1, -0.05) is 77.9 Å². The minimum atomic E-state index is -0.0152. The van der Waals surface area contributed by atoms with Crippen molar-refractivity contribution in [3.63, 3.8) is 0 Å². The number of Topliss-reactive ketones (excluding diaryl/α,β-unsaturated/α-hetero) is 1. The smallest absolute Gasteiger partial charge is 0.166 e. The highest BCUT2D eigenvalue weighted by atomic mass is 16.1. The van der Waals surface area contributed by atoms with Crippen LogP contribution in [0.5, 0.6) is 0 Å². The zero-order valence-electron chi connectivity index (χ0n) is 14.0. The topological polar surface area (TPSA) is 17.1 Å². The Morgan fingerprint density at radius 2 is 1.75 bits per heavy atom. The Bertz CT molecular complexity index is 812. The molecule has 0 N–H and O–H groups in total. The van der Waals surface area contributed by atoms with Gasteiger partial charge in [0.25, 0.3) is 0 Å². The number of rotatable bonds is 4. The monoisotopic (exact) mass is 314 g/mol. The van der Waals surface area contributed by atoms with Crippen molar-refractivity contribution in [3.8, 4) is 0 Å². The second-order valence-electron chi connectivity index (χ2n) is 6.96. The van der Waals surface area contributed by atoms with Crippen LogP contribution in [0.4, 0.5) is 0 Å². The summed E-state index contributed by atoms with van der Waals surface area (Å²) in [6.07, 6.45) is 17.5. The highest BCUT2D eigenvalue weighted by Gasteiger charge is 2.36. The Labute approximate surface area is 143 Å². The summed E-state index contributed by atoms with van der Waals surface area (Å²) in [5.74, 6) is 0.601. The molecule has 0 aromatic heterocycles. The van der Waals surface area contributed by atoms with Crippen LogP contribution in [0.3, 0.4) is 0 Å². The molecule has 0 heterocycles. The van der Waals surface area contributed by atoms with Gasteiger partial charge in [-0.2, -0.15) is 0 Å². The average molecular weight is 314 g/mol. The van der Waals surface area contributed by atoms with Crippen LogP contribution in [0.25, 0.3) is 5.57 Å². The van der Waals surface area contributed by atoms with Crippen LogP contribution in [-0.4, -0.2) is 5.78 Å². The summed E-state index contributed by atoms with van der Waals surface area (Å²) in [5, 5.41) is 0. The van der Waals surface area contributed by atoms with E-state index in [1.165, 1.54) is 22.3 Å². The van der Waals surface area contributed by atoms with E-state index in [-0.39, 0.29) is 5.92 Å². The third kappa shape index (κ3) is 2.75. The Morgan fingerprint density at radius 1 is 1.00 bits per heavy atom. The number of hydrogen-bond acceptors (Lipinski definition) is 1. The van der Waals surface area contributed by atoms with E-state index in [1.807, 2.05) is 12.2 Å². The van der Waals surface area contributed by atoms with Crippen LogP contribution in [0, 0.1) is 18.8 Å². The molecule has 1 aromatic rings. The molecule has 0 fully saturated rings. The van der Waals surface area contributed by atoms with Crippen LogP contribution in [0.1, 0.15) is 30.4 Å². The molecule has 0 amide bonds. The van der Waals surface area contributed by atoms with Crippen LogP contribution in [-0.2, 0) is 4.79 Å². The zero-order valence-corrected chi connectivity index (χ0v) is 14.0. The maximum atomic E-state index is 13.0. The van der Waals surface area contributed by atoms with Gasteiger partial charge in [0.2, 0.25) is 0 Å². The van der Waals surface area contributed by atoms with Crippen LogP contribution >= 0.6 is 0 Å². The molecule has 1 heteroatoms. The van der Waals surface area contributed by atoms with Crippen molar-refractivity contribution in [1.82, 2.24) is 0 Å². The van der Waals surface area contributed by atoms with Crippen molar-refractivity contribution in [3.05, 3.63) is 89.1 Å². The number of allylic oxidation sites excluding steroid dienone is 10. The van der Waals surface area contributed by atoms with E-state index >= 15 is 0 Å². The molecule has 0 bridgehead atoms. The van der Waals surface area contributed by atoms with E-state index in [1.54, 1.807) is 0 Å². The van der Waals surface area contributed by atoms with E-state index in [2.05, 4.69) is 61.6 Å². The maximum Gasteiger partial charge on any atom is 0.166 e. The van der Waals surface area contributed by atoms with Crippen molar-refractivity contribution >= 4 is 11.4 Å². The van der Waals surface area contributed by atoms with Gasteiger partial charge in [-0.15, -0.1) is 0 Å². The quantitative estimate of drug-likeness (QED) is 0.731. The molecule has 0 aliphatic heterocycles. The van der Waals surface area contributed by atoms with Crippen molar-refractivity contribution in [1.29, 1.82) is 0 Å². The standard InChI is InChI=1S/C23H22O/c1-16-10-12-17(13-11-16)20-14-21(18-6-2-3-7-18)22(15-20)23(24)19-8-4-5-9-19/h2-6,8,10-13,15,21-22H,7,9,14H2,1H3.